The van der Waals surface area contributed by atoms with Crippen LogP contribution in [0.3, 0.4) is 0 Å². The molecule has 0 amide bonds. The zero-order chi connectivity index (χ0) is 11.0. The van der Waals surface area contributed by atoms with Gasteiger partial charge in [-0.2, -0.15) is 0 Å². The number of nitrogens with zero attached hydrogens (tertiary/aromatic N) is 1. The van der Waals surface area contributed by atoms with Crippen molar-refractivity contribution in [2.75, 3.05) is 32.8 Å². The fourth-order valence-electron chi connectivity index (χ4n) is 0.865. The topological polar surface area (TPSA) is 107 Å². The zero-order valence-corrected chi connectivity index (χ0v) is 10.0. The molecule has 0 aliphatic heterocycles. The van der Waals surface area contributed by atoms with E-state index in [1.165, 1.54) is 4.90 Å². The van der Waals surface area contributed by atoms with Crippen LogP contribution in [0.1, 0.15) is 0 Å². The minimum absolute atomic E-state index is 0.0159. The predicted octanol–water partition coefficient (Wildman–Crippen LogP) is -1.83. The van der Waals surface area contributed by atoms with Gasteiger partial charge in [0.2, 0.25) is 0 Å². The number of rotatable bonds is 8. The molecule has 0 saturated heterocycles. The first-order chi connectivity index (χ1) is 6.56. The van der Waals surface area contributed by atoms with E-state index in [0.717, 1.165) is 0 Å². The number of carbonyl (C=O) groups is 1. The van der Waals surface area contributed by atoms with Crippen molar-refractivity contribution in [2.45, 2.75) is 0 Å². The van der Waals surface area contributed by atoms with Crippen LogP contribution < -0.4 is 0 Å². The van der Waals surface area contributed by atoms with Gasteiger partial charge in [0.1, 0.15) is 0 Å². The van der Waals surface area contributed by atoms with E-state index in [4.69, 9.17) is 13.4 Å². The molecule has 0 heterocycles. The fourth-order valence-corrected chi connectivity index (χ4v) is 1.52. The van der Waals surface area contributed by atoms with E-state index in [1.807, 2.05) is 0 Å². The molecule has 8 heteroatoms. The average molecular weight is 286 g/mol. The van der Waals surface area contributed by atoms with Gasteiger partial charge in [0.05, 0.1) is 0 Å². The van der Waals surface area contributed by atoms with Crippen LogP contribution in [0, 0.1) is 0 Å². The number of hydrogen-bond acceptors (Lipinski definition) is 5. The maximum atomic E-state index is 10.3. The summed E-state index contributed by atoms with van der Waals surface area (Å²) >= 11 is -3.76. The standard InChI is InChI=1S/C6H12NO4.H2O.O.Zr/c8-3-1-7(2-4-9)5-6(10)11;;;/h8H,1-5H2,(H,10,11);1H2;;/q-1;;;+2/p-1. The molecule has 0 aliphatic carbocycles. The van der Waals surface area contributed by atoms with Crippen molar-refractivity contribution in [2.24, 2.45) is 0 Å². The van der Waals surface area contributed by atoms with Crippen LogP contribution in [0.5, 0.6) is 0 Å². The van der Waals surface area contributed by atoms with Crippen LogP contribution in [0.15, 0.2) is 0 Å². The van der Waals surface area contributed by atoms with Gasteiger partial charge in [-0.05, 0) is 0 Å². The number of hydrogen-bond donors (Lipinski definition) is 3. The molecule has 3 N–H and O–H groups in total. The number of carboxylic acid groups (broad SMARTS) is 1. The summed E-state index contributed by atoms with van der Waals surface area (Å²) in [5.74, 6) is -1.01. The molecule has 0 atom stereocenters. The zero-order valence-electron chi connectivity index (χ0n) is 7.55. The molecule has 0 aromatic carbocycles. The van der Waals surface area contributed by atoms with Crippen molar-refractivity contribution < 1.29 is 46.5 Å². The molecule has 0 saturated carbocycles. The second kappa shape index (κ2) is 8.31. The van der Waals surface area contributed by atoms with Gasteiger partial charge < -0.3 is 0 Å². The van der Waals surface area contributed by atoms with Crippen LogP contribution in [-0.2, 0) is 33.1 Å². The van der Waals surface area contributed by atoms with Gasteiger partial charge in [-0.15, -0.1) is 0 Å². The Morgan fingerprint density at radius 3 is 2.50 bits per heavy atom. The molecular formula is C6H13NO6Zr. The molecule has 0 aliphatic rings. The van der Waals surface area contributed by atoms with Crippen LogP contribution in [0.2, 0.25) is 0 Å². The van der Waals surface area contributed by atoms with Crippen LogP contribution in [0.25, 0.3) is 0 Å². The van der Waals surface area contributed by atoms with Crippen LogP contribution in [-0.4, -0.2) is 57.1 Å². The molecule has 82 valence electrons. The van der Waals surface area contributed by atoms with Gasteiger partial charge in [-0.1, -0.05) is 0 Å². The molecule has 0 bridgehead atoms. The molecular weight excluding hydrogens is 273 g/mol. The molecule has 0 aromatic heterocycles. The third-order valence-corrected chi connectivity index (χ3v) is 2.52. The molecule has 0 aromatic rings. The van der Waals surface area contributed by atoms with Crippen molar-refractivity contribution in [3.05, 3.63) is 0 Å². The van der Waals surface area contributed by atoms with Gasteiger partial charge in [-0.3, -0.25) is 0 Å². The summed E-state index contributed by atoms with van der Waals surface area (Å²) in [5.41, 5.74) is 0. The Hall–Kier alpha value is -0.00688. The van der Waals surface area contributed by atoms with Crippen LogP contribution in [0.4, 0.5) is 0 Å². The van der Waals surface area contributed by atoms with E-state index < -0.39 is 28.6 Å². The normalized spacial score (nSPS) is 10.5. The summed E-state index contributed by atoms with van der Waals surface area (Å²) in [4.78, 5) is 11.7. The predicted molar refractivity (Wildman–Crippen MR) is 40.0 cm³/mol. The molecule has 0 unspecified atom stereocenters. The Kier molecular flexibility index (Phi) is 8.31. The van der Waals surface area contributed by atoms with Gasteiger partial charge in [-0.25, -0.2) is 0 Å². The molecule has 0 rings (SSSR count). The van der Waals surface area contributed by atoms with Crippen LogP contribution >= 0.6 is 0 Å². The molecule has 14 heavy (non-hydrogen) atoms. The molecule has 7 nitrogen and oxygen atoms in total. The first kappa shape index (κ1) is 14.0. The summed E-state index contributed by atoms with van der Waals surface area (Å²) in [6, 6.07) is 0. The Bertz CT molecular complexity index is 199. The second-order valence-electron chi connectivity index (χ2n) is 2.51. The maximum absolute atomic E-state index is 10.3. The summed E-state index contributed by atoms with van der Waals surface area (Å²) in [6.07, 6.45) is 0. The summed E-state index contributed by atoms with van der Waals surface area (Å²) < 4.78 is 23.1. The number of aliphatic carboxylic acids is 1. The van der Waals surface area contributed by atoms with E-state index in [-0.39, 0.29) is 32.8 Å². The van der Waals surface area contributed by atoms with Crippen molar-refractivity contribution in [1.82, 2.24) is 4.90 Å². The number of aliphatic hydroxyl groups is 1. The van der Waals surface area contributed by atoms with Gasteiger partial charge >= 0.3 is 90.2 Å². The summed E-state index contributed by atoms with van der Waals surface area (Å²) in [7, 11) is 0. The Morgan fingerprint density at radius 1 is 1.43 bits per heavy atom. The van der Waals surface area contributed by atoms with Crippen molar-refractivity contribution in [3.63, 3.8) is 0 Å². The Labute approximate surface area is 90.3 Å². The third kappa shape index (κ3) is 8.59. The first-order valence-corrected chi connectivity index (χ1v) is 7.07. The van der Waals surface area contributed by atoms with E-state index in [1.54, 1.807) is 0 Å². The third-order valence-electron chi connectivity index (χ3n) is 1.41. The van der Waals surface area contributed by atoms with E-state index >= 15 is 0 Å². The molecule has 0 spiro atoms. The van der Waals surface area contributed by atoms with Crippen molar-refractivity contribution in [1.29, 1.82) is 0 Å². The quantitative estimate of drug-likeness (QED) is 0.481. The van der Waals surface area contributed by atoms with Crippen molar-refractivity contribution in [3.8, 4) is 0 Å². The summed E-state index contributed by atoms with van der Waals surface area (Å²) in [6.45, 7) is 0.0721. The van der Waals surface area contributed by atoms with Gasteiger partial charge in [0.25, 0.3) is 0 Å². The number of aliphatic hydroxyl groups excluding tert-OH is 1. The van der Waals surface area contributed by atoms with E-state index in [2.05, 4.69) is 2.81 Å². The van der Waals surface area contributed by atoms with E-state index in [0.29, 0.717) is 0 Å². The first-order valence-electron chi connectivity index (χ1n) is 3.97. The Balaban J connectivity index is 3.72. The molecule has 0 fully saturated rings. The minimum atomic E-state index is -3.76. The number of carboxylic acids is 1. The summed E-state index contributed by atoms with van der Waals surface area (Å²) in [5, 5.41) is 17.0. The van der Waals surface area contributed by atoms with Gasteiger partial charge in [0, 0.05) is 0 Å². The van der Waals surface area contributed by atoms with E-state index in [9.17, 15) is 7.61 Å². The SMILES string of the molecule is O=C(O)CN(CCO)CC[O][Zr](=[O])[OH]. The Morgan fingerprint density at radius 2 is 2.07 bits per heavy atom. The average Bonchev–Trinajstić information content (AvgIpc) is 2.02. The fraction of sp³-hybridized carbons (Fsp3) is 0.833. The second-order valence-corrected chi connectivity index (χ2v) is 4.52. The van der Waals surface area contributed by atoms with Gasteiger partial charge in [0.15, 0.2) is 0 Å². The van der Waals surface area contributed by atoms with Crippen molar-refractivity contribution >= 4 is 5.97 Å². The monoisotopic (exact) mass is 285 g/mol. The molecule has 0 radical (unpaired) electrons.